The predicted octanol–water partition coefficient (Wildman–Crippen LogP) is 1.68. The Morgan fingerprint density at radius 1 is 0.808 bits per heavy atom. The van der Waals surface area contributed by atoms with Gasteiger partial charge in [0.25, 0.3) is 10.2 Å². The van der Waals surface area contributed by atoms with E-state index in [2.05, 4.69) is 10.2 Å². The zero-order valence-electron chi connectivity index (χ0n) is 15.9. The third kappa shape index (κ3) is 4.23. The average Bonchev–Trinajstić information content (AvgIpc) is 3.15. The summed E-state index contributed by atoms with van der Waals surface area (Å²) in [5.41, 5.74) is 0.457. The molecule has 1 spiro atoms. The smallest absolute Gasteiger partial charge is 0.282 e. The van der Waals surface area contributed by atoms with Crippen LogP contribution in [0.15, 0.2) is 0 Å². The van der Waals surface area contributed by atoms with Gasteiger partial charge in [0.1, 0.15) is 0 Å². The number of hydrogen-bond donors (Lipinski definition) is 1. The molecule has 4 rings (SSSR count). The molecule has 8 heteroatoms. The van der Waals surface area contributed by atoms with Crippen molar-refractivity contribution < 1.29 is 8.42 Å². The highest BCUT2D eigenvalue weighted by Crippen LogP contribution is 2.45. The van der Waals surface area contributed by atoms with Gasteiger partial charge in [0.15, 0.2) is 0 Å². The number of piperidine rings is 1. The van der Waals surface area contributed by atoms with E-state index in [-0.39, 0.29) is 12.4 Å². The normalized spacial score (nSPS) is 31.8. The SMILES string of the molecule is Cl.O=S(=O)(N1CCC2(CCCCC2)CC1)N1CCC(N2CCNCC2)C1. The lowest BCUT2D eigenvalue weighted by atomic mass is 9.68. The van der Waals surface area contributed by atoms with Crippen molar-refractivity contribution in [2.75, 3.05) is 52.4 Å². The Bertz CT molecular complexity index is 544. The number of piperazine rings is 1. The summed E-state index contributed by atoms with van der Waals surface area (Å²) in [6.45, 7) is 6.99. The Morgan fingerprint density at radius 2 is 1.46 bits per heavy atom. The molecule has 0 aromatic carbocycles. The lowest BCUT2D eigenvalue weighted by Crippen LogP contribution is -2.51. The van der Waals surface area contributed by atoms with Crippen LogP contribution in [-0.4, -0.2) is 80.3 Å². The zero-order chi connectivity index (χ0) is 17.3. The summed E-state index contributed by atoms with van der Waals surface area (Å²) in [6, 6.07) is 0.409. The van der Waals surface area contributed by atoms with Crippen LogP contribution >= 0.6 is 12.4 Å². The Balaban J connectivity index is 0.00000196. The van der Waals surface area contributed by atoms with Crippen LogP contribution in [0.2, 0.25) is 0 Å². The molecule has 6 nitrogen and oxygen atoms in total. The van der Waals surface area contributed by atoms with E-state index >= 15 is 0 Å². The molecule has 3 heterocycles. The molecule has 0 aromatic heterocycles. The van der Waals surface area contributed by atoms with Crippen LogP contribution in [0.3, 0.4) is 0 Å². The predicted molar refractivity (Wildman–Crippen MR) is 107 cm³/mol. The molecule has 26 heavy (non-hydrogen) atoms. The van der Waals surface area contributed by atoms with E-state index in [0.717, 1.165) is 58.5 Å². The van der Waals surface area contributed by atoms with Gasteiger partial charge in [-0.1, -0.05) is 19.3 Å². The Morgan fingerprint density at radius 3 is 2.12 bits per heavy atom. The second-order valence-corrected chi connectivity index (χ2v) is 10.5. The highest BCUT2D eigenvalue weighted by Gasteiger charge is 2.42. The molecule has 0 aromatic rings. The second kappa shape index (κ2) is 8.62. The Labute approximate surface area is 165 Å². The molecule has 4 aliphatic rings. The molecular formula is C18H35ClN4O2S. The van der Waals surface area contributed by atoms with Gasteiger partial charge >= 0.3 is 0 Å². The molecular weight excluding hydrogens is 372 g/mol. The number of nitrogens with one attached hydrogen (secondary N) is 1. The van der Waals surface area contributed by atoms with Crippen LogP contribution < -0.4 is 5.32 Å². The minimum absolute atomic E-state index is 0. The molecule has 1 aliphatic carbocycles. The van der Waals surface area contributed by atoms with Crippen LogP contribution in [0, 0.1) is 5.41 Å². The van der Waals surface area contributed by atoms with Gasteiger partial charge in [0.2, 0.25) is 0 Å². The maximum Gasteiger partial charge on any atom is 0.282 e. The third-order valence-corrected chi connectivity index (χ3v) is 9.15. The standard InChI is InChI=1S/C18H34N4O2S.ClH/c23-25(24,21-12-7-18(8-13-21)5-2-1-3-6-18)22-11-4-17(16-22)20-14-9-19-10-15-20;/h17,19H,1-16H2;1H. The summed E-state index contributed by atoms with van der Waals surface area (Å²) in [5.74, 6) is 0. The molecule has 3 saturated heterocycles. The zero-order valence-corrected chi connectivity index (χ0v) is 17.5. The van der Waals surface area contributed by atoms with Crippen LogP contribution in [0.4, 0.5) is 0 Å². The van der Waals surface area contributed by atoms with Crippen molar-refractivity contribution in [1.82, 2.24) is 18.8 Å². The Hall–Kier alpha value is 0.0800. The largest absolute Gasteiger partial charge is 0.314 e. The van der Waals surface area contributed by atoms with Crippen molar-refractivity contribution in [2.24, 2.45) is 5.41 Å². The number of hydrogen-bond acceptors (Lipinski definition) is 4. The van der Waals surface area contributed by atoms with Gasteiger partial charge in [-0.05, 0) is 37.5 Å². The molecule has 0 radical (unpaired) electrons. The second-order valence-electron chi connectivity index (χ2n) is 8.55. The number of nitrogens with zero attached hydrogens (tertiary/aromatic N) is 3. The highest BCUT2D eigenvalue weighted by atomic mass is 35.5. The third-order valence-electron chi connectivity index (χ3n) is 7.14. The molecule has 0 amide bonds. The van der Waals surface area contributed by atoms with E-state index in [4.69, 9.17) is 0 Å². The van der Waals surface area contributed by atoms with Crippen molar-refractivity contribution in [3.63, 3.8) is 0 Å². The first-order valence-electron chi connectivity index (χ1n) is 10.3. The summed E-state index contributed by atoms with van der Waals surface area (Å²) in [4.78, 5) is 2.47. The van der Waals surface area contributed by atoms with E-state index in [1.807, 2.05) is 0 Å². The maximum atomic E-state index is 13.1. The Kier molecular flexibility index (Phi) is 6.90. The fourth-order valence-corrected chi connectivity index (χ4v) is 7.09. The molecule has 4 fully saturated rings. The minimum Gasteiger partial charge on any atom is -0.314 e. The van der Waals surface area contributed by atoms with E-state index < -0.39 is 10.2 Å². The first kappa shape index (κ1) is 20.8. The van der Waals surface area contributed by atoms with Gasteiger partial charge in [-0.15, -0.1) is 12.4 Å². The molecule has 152 valence electrons. The summed E-state index contributed by atoms with van der Waals surface area (Å²) >= 11 is 0. The van der Waals surface area contributed by atoms with Crippen molar-refractivity contribution in [3.8, 4) is 0 Å². The van der Waals surface area contributed by atoms with Crippen molar-refractivity contribution >= 4 is 22.6 Å². The van der Waals surface area contributed by atoms with E-state index in [0.29, 0.717) is 24.5 Å². The highest BCUT2D eigenvalue weighted by molar-refractivity contribution is 7.86. The van der Waals surface area contributed by atoms with Crippen LogP contribution in [0.25, 0.3) is 0 Å². The van der Waals surface area contributed by atoms with Gasteiger partial charge in [0, 0.05) is 58.4 Å². The van der Waals surface area contributed by atoms with Crippen LogP contribution in [0.5, 0.6) is 0 Å². The average molecular weight is 407 g/mol. The molecule has 1 N–H and O–H groups in total. The quantitative estimate of drug-likeness (QED) is 0.774. The summed E-state index contributed by atoms with van der Waals surface area (Å²) in [6.07, 6.45) is 9.80. The first-order valence-corrected chi connectivity index (χ1v) is 11.7. The summed E-state index contributed by atoms with van der Waals surface area (Å²) < 4.78 is 29.8. The lowest BCUT2D eigenvalue weighted by molar-refractivity contribution is 0.0995. The first-order chi connectivity index (χ1) is 12.1. The van der Waals surface area contributed by atoms with Crippen molar-refractivity contribution in [1.29, 1.82) is 0 Å². The van der Waals surface area contributed by atoms with Crippen LogP contribution in [-0.2, 0) is 10.2 Å². The number of rotatable bonds is 3. The summed E-state index contributed by atoms with van der Waals surface area (Å²) in [7, 11) is -3.26. The fraction of sp³-hybridized carbons (Fsp3) is 1.00. The fourth-order valence-electron chi connectivity index (χ4n) is 5.42. The van der Waals surface area contributed by atoms with Crippen molar-refractivity contribution in [3.05, 3.63) is 0 Å². The number of halogens is 1. The van der Waals surface area contributed by atoms with Gasteiger partial charge in [0.05, 0.1) is 0 Å². The van der Waals surface area contributed by atoms with E-state index in [9.17, 15) is 8.42 Å². The lowest BCUT2D eigenvalue weighted by Gasteiger charge is -2.44. The van der Waals surface area contributed by atoms with Crippen molar-refractivity contribution in [2.45, 2.75) is 57.4 Å². The summed E-state index contributed by atoms with van der Waals surface area (Å²) in [5, 5.41) is 3.38. The maximum absolute atomic E-state index is 13.1. The van der Waals surface area contributed by atoms with E-state index in [1.54, 1.807) is 8.61 Å². The van der Waals surface area contributed by atoms with Gasteiger partial charge in [-0.3, -0.25) is 4.90 Å². The monoisotopic (exact) mass is 406 g/mol. The topological polar surface area (TPSA) is 55.9 Å². The van der Waals surface area contributed by atoms with Crippen LogP contribution in [0.1, 0.15) is 51.4 Å². The van der Waals surface area contributed by atoms with Gasteiger partial charge in [-0.2, -0.15) is 17.0 Å². The molecule has 1 unspecified atom stereocenters. The minimum atomic E-state index is -3.26. The van der Waals surface area contributed by atoms with Gasteiger partial charge < -0.3 is 5.32 Å². The molecule has 3 aliphatic heterocycles. The van der Waals surface area contributed by atoms with Gasteiger partial charge in [-0.25, -0.2) is 0 Å². The van der Waals surface area contributed by atoms with E-state index in [1.165, 1.54) is 32.1 Å². The molecule has 1 atom stereocenters. The molecule has 1 saturated carbocycles. The molecule has 0 bridgehead atoms.